The molecule has 28 heavy (non-hydrogen) atoms. The monoisotopic (exact) mass is 379 g/mol. The molecule has 5 rings (SSSR count). The number of piperidine rings is 1. The average Bonchev–Trinajstić information content (AvgIpc) is 3.17. The molecule has 0 aromatic heterocycles. The zero-order valence-corrected chi connectivity index (χ0v) is 16.5. The van der Waals surface area contributed by atoms with Gasteiger partial charge in [0, 0.05) is 37.9 Å². The van der Waals surface area contributed by atoms with Gasteiger partial charge in [0.05, 0.1) is 11.8 Å². The van der Waals surface area contributed by atoms with Crippen molar-refractivity contribution in [2.45, 2.75) is 44.9 Å². The molecule has 3 aliphatic rings. The molecule has 4 nitrogen and oxygen atoms in total. The molecule has 0 saturated carbocycles. The lowest BCUT2D eigenvalue weighted by Gasteiger charge is -2.51. The summed E-state index contributed by atoms with van der Waals surface area (Å²) in [6, 6.07) is 13.3. The molecule has 0 amide bonds. The third-order valence-corrected chi connectivity index (χ3v) is 6.41. The number of nitrogens with zero attached hydrogens (tertiary/aromatic N) is 3. The van der Waals surface area contributed by atoms with E-state index in [0.717, 1.165) is 55.9 Å². The highest BCUT2D eigenvalue weighted by molar-refractivity contribution is 6.02. The predicted octanol–water partition coefficient (Wildman–Crippen LogP) is 4.49. The number of halogens is 1. The lowest BCUT2D eigenvalue weighted by Crippen LogP contribution is -2.59. The second-order valence-corrected chi connectivity index (χ2v) is 8.14. The first-order chi connectivity index (χ1) is 13.6. The van der Waals surface area contributed by atoms with E-state index in [1.54, 1.807) is 0 Å². The molecule has 1 saturated heterocycles. The van der Waals surface area contributed by atoms with Crippen LogP contribution in [-0.2, 0) is 0 Å². The van der Waals surface area contributed by atoms with Gasteiger partial charge in [-0.2, -0.15) is 5.10 Å². The van der Waals surface area contributed by atoms with E-state index >= 15 is 0 Å². The summed E-state index contributed by atoms with van der Waals surface area (Å²) < 4.78 is 20.0. The Hall–Kier alpha value is -2.40. The van der Waals surface area contributed by atoms with Crippen molar-refractivity contribution < 1.29 is 9.13 Å². The quantitative estimate of drug-likeness (QED) is 0.770. The standard InChI is InChI=1S/C23H26FN3O/c1-3-26-12-10-23(11-13-26)27-21(19-14-16(2)4-9-22(19)28-23)15-20(25-27)17-5-7-18(24)8-6-17/h4-9,14,21H,3,10-13,15H2,1-2H3/t21-/m1/s1. The van der Waals surface area contributed by atoms with E-state index in [9.17, 15) is 4.39 Å². The van der Waals surface area contributed by atoms with Gasteiger partial charge in [-0.15, -0.1) is 0 Å². The molecule has 146 valence electrons. The highest BCUT2D eigenvalue weighted by atomic mass is 19.1. The van der Waals surface area contributed by atoms with Gasteiger partial charge in [0.2, 0.25) is 5.72 Å². The van der Waals surface area contributed by atoms with E-state index in [2.05, 4.69) is 42.0 Å². The minimum Gasteiger partial charge on any atom is -0.466 e. The fraction of sp³-hybridized carbons (Fsp3) is 0.435. The Morgan fingerprint density at radius 2 is 1.89 bits per heavy atom. The lowest BCUT2D eigenvalue weighted by atomic mass is 9.90. The number of aryl methyl sites for hydroxylation is 1. The molecule has 0 radical (unpaired) electrons. The number of likely N-dealkylation sites (tertiary alicyclic amines) is 1. The van der Waals surface area contributed by atoms with Gasteiger partial charge in [-0.1, -0.05) is 36.8 Å². The van der Waals surface area contributed by atoms with Crippen LogP contribution in [0.5, 0.6) is 5.75 Å². The molecule has 0 bridgehead atoms. The SMILES string of the molecule is CCN1CCC2(CC1)Oc1ccc(C)cc1[C@H]1CC(c3ccc(F)cc3)=NN12. The molecule has 1 fully saturated rings. The van der Waals surface area contributed by atoms with Crippen molar-refractivity contribution in [3.05, 3.63) is 65.0 Å². The fourth-order valence-electron chi connectivity index (χ4n) is 4.77. The second kappa shape index (κ2) is 6.59. The van der Waals surface area contributed by atoms with E-state index in [1.807, 2.05) is 12.1 Å². The zero-order valence-electron chi connectivity index (χ0n) is 16.5. The topological polar surface area (TPSA) is 28.1 Å². The Morgan fingerprint density at radius 3 is 2.61 bits per heavy atom. The maximum atomic E-state index is 13.4. The first-order valence-electron chi connectivity index (χ1n) is 10.2. The van der Waals surface area contributed by atoms with Crippen molar-refractivity contribution >= 4 is 5.71 Å². The Labute approximate surface area is 165 Å². The first-order valence-corrected chi connectivity index (χ1v) is 10.2. The largest absolute Gasteiger partial charge is 0.466 e. The van der Waals surface area contributed by atoms with Gasteiger partial charge in [0.25, 0.3) is 0 Å². The third-order valence-electron chi connectivity index (χ3n) is 6.41. The van der Waals surface area contributed by atoms with Gasteiger partial charge in [-0.25, -0.2) is 9.40 Å². The number of hydrazone groups is 1. The van der Waals surface area contributed by atoms with Crippen LogP contribution in [0, 0.1) is 12.7 Å². The number of benzene rings is 2. The summed E-state index contributed by atoms with van der Waals surface area (Å²) in [5.74, 6) is 0.778. The van der Waals surface area contributed by atoms with E-state index in [0.29, 0.717) is 0 Å². The van der Waals surface area contributed by atoms with Crippen molar-refractivity contribution in [3.8, 4) is 5.75 Å². The summed E-state index contributed by atoms with van der Waals surface area (Å²) in [5, 5.41) is 7.27. The highest BCUT2D eigenvalue weighted by Crippen LogP contribution is 2.50. The van der Waals surface area contributed by atoms with Crippen LogP contribution in [-0.4, -0.2) is 41.0 Å². The van der Waals surface area contributed by atoms with E-state index in [1.165, 1.54) is 23.3 Å². The number of ether oxygens (including phenoxy) is 1. The number of hydrogen-bond donors (Lipinski definition) is 0. The van der Waals surface area contributed by atoms with Gasteiger partial charge in [0.15, 0.2) is 0 Å². The Kier molecular flexibility index (Phi) is 4.16. The molecule has 0 N–H and O–H groups in total. The molecule has 1 atom stereocenters. The molecule has 0 unspecified atom stereocenters. The number of rotatable bonds is 2. The van der Waals surface area contributed by atoms with Crippen LogP contribution < -0.4 is 4.74 Å². The molecule has 3 aliphatic heterocycles. The number of fused-ring (bicyclic) bond motifs is 4. The first kappa shape index (κ1) is 17.7. The third kappa shape index (κ3) is 2.80. The van der Waals surface area contributed by atoms with Crippen LogP contribution >= 0.6 is 0 Å². The van der Waals surface area contributed by atoms with Gasteiger partial charge >= 0.3 is 0 Å². The van der Waals surface area contributed by atoms with Crippen molar-refractivity contribution in [3.63, 3.8) is 0 Å². The molecule has 2 aromatic rings. The van der Waals surface area contributed by atoms with Crippen LogP contribution in [0.3, 0.4) is 0 Å². The summed E-state index contributed by atoms with van der Waals surface area (Å²) in [4.78, 5) is 2.47. The van der Waals surface area contributed by atoms with Crippen LogP contribution in [0.15, 0.2) is 47.6 Å². The van der Waals surface area contributed by atoms with Crippen LogP contribution in [0.4, 0.5) is 4.39 Å². The van der Waals surface area contributed by atoms with Gasteiger partial charge in [-0.05, 0) is 37.2 Å². The zero-order chi connectivity index (χ0) is 19.3. The summed E-state index contributed by atoms with van der Waals surface area (Å²) in [7, 11) is 0. The van der Waals surface area contributed by atoms with Crippen LogP contribution in [0.25, 0.3) is 0 Å². The molecular formula is C23H26FN3O. The Balaban J connectivity index is 1.56. The molecule has 3 heterocycles. The molecular weight excluding hydrogens is 353 g/mol. The predicted molar refractivity (Wildman–Crippen MR) is 108 cm³/mol. The summed E-state index contributed by atoms with van der Waals surface area (Å²) >= 11 is 0. The normalized spacial score (nSPS) is 23.2. The average molecular weight is 379 g/mol. The van der Waals surface area contributed by atoms with Crippen molar-refractivity contribution in [2.24, 2.45) is 5.10 Å². The minimum atomic E-state index is -0.389. The van der Waals surface area contributed by atoms with Gasteiger partial charge < -0.3 is 9.64 Å². The highest BCUT2D eigenvalue weighted by Gasteiger charge is 2.51. The summed E-state index contributed by atoms with van der Waals surface area (Å²) in [6.07, 6.45) is 2.69. The summed E-state index contributed by atoms with van der Waals surface area (Å²) in [5.41, 5.74) is 4.06. The van der Waals surface area contributed by atoms with Crippen LogP contribution in [0.2, 0.25) is 0 Å². The van der Waals surface area contributed by atoms with E-state index in [4.69, 9.17) is 9.84 Å². The Bertz CT molecular complexity index is 916. The van der Waals surface area contributed by atoms with Crippen molar-refractivity contribution in [2.75, 3.05) is 19.6 Å². The Morgan fingerprint density at radius 1 is 1.14 bits per heavy atom. The lowest BCUT2D eigenvalue weighted by molar-refractivity contribution is -0.149. The maximum absolute atomic E-state index is 13.4. The molecule has 1 spiro atoms. The molecule has 0 aliphatic carbocycles. The minimum absolute atomic E-state index is 0.178. The summed E-state index contributed by atoms with van der Waals surface area (Å²) in [6.45, 7) is 7.43. The molecule has 2 aromatic carbocycles. The molecule has 5 heteroatoms. The second-order valence-electron chi connectivity index (χ2n) is 8.14. The van der Waals surface area contributed by atoms with Crippen LogP contribution in [0.1, 0.15) is 48.9 Å². The smallest absolute Gasteiger partial charge is 0.200 e. The maximum Gasteiger partial charge on any atom is 0.200 e. The van der Waals surface area contributed by atoms with Crippen molar-refractivity contribution in [1.29, 1.82) is 0 Å². The van der Waals surface area contributed by atoms with Gasteiger partial charge in [0.1, 0.15) is 11.6 Å². The van der Waals surface area contributed by atoms with Gasteiger partial charge in [-0.3, -0.25) is 0 Å². The van der Waals surface area contributed by atoms with Crippen molar-refractivity contribution in [1.82, 2.24) is 9.91 Å². The number of hydrogen-bond acceptors (Lipinski definition) is 4. The van der Waals surface area contributed by atoms with E-state index < -0.39 is 0 Å². The van der Waals surface area contributed by atoms with E-state index in [-0.39, 0.29) is 17.6 Å². The fourth-order valence-corrected chi connectivity index (χ4v) is 4.77.